The molecule has 0 aliphatic carbocycles. The van der Waals surface area contributed by atoms with Crippen LogP contribution in [0.3, 0.4) is 0 Å². The Hall–Kier alpha value is -4.00. The summed E-state index contributed by atoms with van der Waals surface area (Å²) in [5.74, 6) is -6.36. The van der Waals surface area contributed by atoms with Crippen molar-refractivity contribution in [3.63, 3.8) is 0 Å². The average molecular weight is 451 g/mol. The lowest BCUT2D eigenvalue weighted by molar-refractivity contribution is -0.139. The van der Waals surface area contributed by atoms with Crippen LogP contribution in [0.4, 0.5) is 0 Å². The molecule has 0 aliphatic rings. The predicted octanol–water partition coefficient (Wildman–Crippen LogP) is -2.92. The van der Waals surface area contributed by atoms with Crippen LogP contribution in [-0.4, -0.2) is 70.5 Å². The Morgan fingerprint density at radius 2 is 1.41 bits per heavy atom. The minimum atomic E-state index is -1.50. The largest absolute Gasteiger partial charge is 0.481 e. The average Bonchev–Trinajstić information content (AvgIpc) is 2.70. The van der Waals surface area contributed by atoms with Crippen LogP contribution in [0, 0.1) is 0 Å². The second-order valence-corrected chi connectivity index (χ2v) is 6.80. The van der Waals surface area contributed by atoms with E-state index >= 15 is 0 Å². The lowest BCUT2D eigenvalue weighted by Crippen LogP contribution is -2.57. The zero-order valence-electron chi connectivity index (χ0n) is 16.9. The number of carboxylic acid groups (broad SMARTS) is 2. The maximum atomic E-state index is 12.8. The first-order valence-electron chi connectivity index (χ1n) is 9.39. The maximum Gasteiger partial charge on any atom is 0.322 e. The van der Waals surface area contributed by atoms with E-state index in [1.54, 1.807) is 30.3 Å². The Morgan fingerprint density at radius 3 is 1.94 bits per heavy atom. The molecule has 0 saturated heterocycles. The van der Waals surface area contributed by atoms with Crippen molar-refractivity contribution in [3.8, 4) is 0 Å². The van der Waals surface area contributed by atoms with Crippen LogP contribution in [-0.2, 0) is 35.2 Å². The van der Waals surface area contributed by atoms with Gasteiger partial charge in [0, 0.05) is 6.42 Å². The van der Waals surface area contributed by atoms with Gasteiger partial charge in [-0.15, -0.1) is 0 Å². The lowest BCUT2D eigenvalue weighted by Gasteiger charge is -2.23. The molecule has 1 rings (SSSR count). The molecule has 13 heteroatoms. The van der Waals surface area contributed by atoms with Crippen LogP contribution < -0.4 is 27.4 Å². The van der Waals surface area contributed by atoms with E-state index in [2.05, 4.69) is 10.6 Å². The number of aliphatic carboxylic acids is 2. The summed E-state index contributed by atoms with van der Waals surface area (Å²) in [4.78, 5) is 70.0. The lowest BCUT2D eigenvalue weighted by atomic mass is 10.0. The van der Waals surface area contributed by atoms with Gasteiger partial charge in [-0.05, 0) is 5.56 Å². The van der Waals surface area contributed by atoms with Crippen LogP contribution in [0.2, 0.25) is 0 Å². The molecule has 4 amide bonds. The number of carbonyl (C=O) groups is 6. The number of benzene rings is 1. The third-order valence-corrected chi connectivity index (χ3v) is 4.10. The summed E-state index contributed by atoms with van der Waals surface area (Å²) in [6, 6.07) is 4.24. The molecule has 0 fully saturated rings. The van der Waals surface area contributed by atoms with Gasteiger partial charge in [0.2, 0.25) is 23.6 Å². The Bertz CT molecular complexity index is 861. The molecule has 32 heavy (non-hydrogen) atoms. The van der Waals surface area contributed by atoms with Crippen LogP contribution in [0.25, 0.3) is 0 Å². The number of hydrogen-bond donors (Lipinski definition) is 7. The standard InChI is InChI=1S/C19H25N5O8/c20-11(7-15(26)27)17(30)23-12(6-10-4-2-1-3-5-10)19(32)24-13(8-14(21)25)18(31)22-9-16(28)29/h1-5,11-13H,6-9,20H2,(H2,21,25)(H,22,31)(H,23,30)(H,24,32)(H,26,27)(H,28,29). The van der Waals surface area contributed by atoms with E-state index < -0.39 is 73.1 Å². The summed E-state index contributed by atoms with van der Waals surface area (Å²) in [5.41, 5.74) is 11.3. The zero-order chi connectivity index (χ0) is 24.3. The minimum Gasteiger partial charge on any atom is -0.481 e. The molecule has 0 aromatic heterocycles. The number of hydrogen-bond acceptors (Lipinski definition) is 7. The normalized spacial score (nSPS) is 13.2. The molecule has 1 aromatic carbocycles. The fourth-order valence-corrected chi connectivity index (χ4v) is 2.59. The molecule has 0 saturated carbocycles. The highest BCUT2D eigenvalue weighted by molar-refractivity contribution is 5.96. The van der Waals surface area contributed by atoms with Gasteiger partial charge in [-0.1, -0.05) is 30.3 Å². The molecule has 3 unspecified atom stereocenters. The molecule has 174 valence electrons. The molecule has 3 atom stereocenters. The fraction of sp³-hybridized carbons (Fsp3) is 0.368. The Kier molecular flexibility index (Phi) is 10.3. The summed E-state index contributed by atoms with van der Waals surface area (Å²) >= 11 is 0. The fourth-order valence-electron chi connectivity index (χ4n) is 2.59. The Balaban J connectivity index is 3.02. The predicted molar refractivity (Wildman–Crippen MR) is 109 cm³/mol. The first kappa shape index (κ1) is 26.0. The Labute approximate surface area is 182 Å². The SMILES string of the molecule is NC(=O)CC(NC(=O)C(Cc1ccccc1)NC(=O)C(N)CC(=O)O)C(=O)NCC(=O)O. The van der Waals surface area contributed by atoms with E-state index in [9.17, 15) is 28.8 Å². The van der Waals surface area contributed by atoms with Gasteiger partial charge in [-0.25, -0.2) is 0 Å². The molecular weight excluding hydrogens is 426 g/mol. The van der Waals surface area contributed by atoms with Gasteiger partial charge in [-0.3, -0.25) is 28.8 Å². The molecule has 0 spiro atoms. The van der Waals surface area contributed by atoms with E-state index in [0.717, 1.165) is 0 Å². The second kappa shape index (κ2) is 12.6. The molecule has 13 nitrogen and oxygen atoms in total. The van der Waals surface area contributed by atoms with Crippen molar-refractivity contribution in [1.29, 1.82) is 0 Å². The maximum absolute atomic E-state index is 12.8. The van der Waals surface area contributed by atoms with Crippen LogP contribution in [0.5, 0.6) is 0 Å². The van der Waals surface area contributed by atoms with Gasteiger partial charge >= 0.3 is 11.9 Å². The molecule has 0 radical (unpaired) electrons. The number of rotatable bonds is 13. The monoisotopic (exact) mass is 451 g/mol. The van der Waals surface area contributed by atoms with Crippen molar-refractivity contribution in [2.45, 2.75) is 37.4 Å². The van der Waals surface area contributed by atoms with E-state index in [4.69, 9.17) is 21.7 Å². The molecule has 0 bridgehead atoms. The molecule has 0 aliphatic heterocycles. The topological polar surface area (TPSA) is 231 Å². The van der Waals surface area contributed by atoms with Crippen molar-refractivity contribution in [2.75, 3.05) is 6.54 Å². The summed E-state index contributed by atoms with van der Waals surface area (Å²) in [7, 11) is 0. The third kappa shape index (κ3) is 9.67. The highest BCUT2D eigenvalue weighted by atomic mass is 16.4. The van der Waals surface area contributed by atoms with Crippen molar-refractivity contribution >= 4 is 35.6 Å². The van der Waals surface area contributed by atoms with Gasteiger partial charge in [0.1, 0.15) is 18.6 Å². The number of carboxylic acids is 2. The third-order valence-electron chi connectivity index (χ3n) is 4.10. The summed E-state index contributed by atoms with van der Waals surface area (Å²) in [6.45, 7) is -0.752. The van der Waals surface area contributed by atoms with Gasteiger partial charge in [0.25, 0.3) is 0 Å². The second-order valence-electron chi connectivity index (χ2n) is 6.80. The Morgan fingerprint density at radius 1 is 0.812 bits per heavy atom. The van der Waals surface area contributed by atoms with Gasteiger partial charge < -0.3 is 37.6 Å². The van der Waals surface area contributed by atoms with Crippen molar-refractivity contribution in [2.24, 2.45) is 11.5 Å². The number of primary amides is 1. The van der Waals surface area contributed by atoms with Crippen molar-refractivity contribution in [1.82, 2.24) is 16.0 Å². The van der Waals surface area contributed by atoms with Crippen LogP contribution in [0.15, 0.2) is 30.3 Å². The molecule has 9 N–H and O–H groups in total. The number of nitrogens with one attached hydrogen (secondary N) is 3. The first-order valence-corrected chi connectivity index (χ1v) is 9.39. The van der Waals surface area contributed by atoms with E-state index in [-0.39, 0.29) is 6.42 Å². The number of carbonyl (C=O) groups excluding carboxylic acids is 4. The van der Waals surface area contributed by atoms with E-state index in [0.29, 0.717) is 5.56 Å². The van der Waals surface area contributed by atoms with Gasteiger partial charge in [0.15, 0.2) is 0 Å². The molecule has 0 heterocycles. The molecule has 1 aromatic rings. The quantitative estimate of drug-likeness (QED) is 0.162. The van der Waals surface area contributed by atoms with Gasteiger partial charge in [0.05, 0.1) is 18.9 Å². The van der Waals surface area contributed by atoms with E-state index in [1.165, 1.54) is 0 Å². The minimum absolute atomic E-state index is 0.0434. The summed E-state index contributed by atoms with van der Waals surface area (Å²) in [6.07, 6.45) is -1.34. The summed E-state index contributed by atoms with van der Waals surface area (Å²) < 4.78 is 0. The smallest absolute Gasteiger partial charge is 0.322 e. The number of nitrogens with two attached hydrogens (primary N) is 2. The van der Waals surface area contributed by atoms with Crippen LogP contribution >= 0.6 is 0 Å². The zero-order valence-corrected chi connectivity index (χ0v) is 16.9. The summed E-state index contributed by atoms with van der Waals surface area (Å²) in [5, 5.41) is 24.1. The number of amides is 4. The van der Waals surface area contributed by atoms with Crippen molar-refractivity contribution in [3.05, 3.63) is 35.9 Å². The first-order chi connectivity index (χ1) is 15.0. The molecular formula is C19H25N5O8. The van der Waals surface area contributed by atoms with Crippen LogP contribution in [0.1, 0.15) is 18.4 Å². The highest BCUT2D eigenvalue weighted by Gasteiger charge is 2.29. The van der Waals surface area contributed by atoms with Gasteiger partial charge in [-0.2, -0.15) is 0 Å². The van der Waals surface area contributed by atoms with Crippen molar-refractivity contribution < 1.29 is 39.0 Å². The van der Waals surface area contributed by atoms with E-state index in [1.807, 2.05) is 5.32 Å². The highest BCUT2D eigenvalue weighted by Crippen LogP contribution is 2.05.